The number of aromatic hydroxyl groups is 1. The molecule has 13 heavy (non-hydrogen) atoms. The fraction of sp³-hybridized carbons (Fsp3) is 0.143. The molecule has 0 aromatic heterocycles. The minimum atomic E-state index is -5.13. The molecule has 0 spiro atoms. The van der Waals surface area contributed by atoms with E-state index in [-0.39, 0.29) is 5.75 Å². The second-order valence-electron chi connectivity index (χ2n) is 2.28. The van der Waals surface area contributed by atoms with Crippen molar-refractivity contribution in [3.63, 3.8) is 0 Å². The Hall–Kier alpha value is -1.10. The summed E-state index contributed by atoms with van der Waals surface area (Å²) in [6.45, 7) is 0. The summed E-state index contributed by atoms with van der Waals surface area (Å²) in [6.07, 6.45) is 0. The predicted octanol–water partition coefficient (Wildman–Crippen LogP) is -0.600. The SMILES string of the molecule is COc1cccc([Se](=O)(=O)O)c1O. The van der Waals surface area contributed by atoms with E-state index in [1.54, 1.807) is 0 Å². The normalized spacial score (nSPS) is 11.2. The zero-order chi connectivity index (χ0) is 10.1. The van der Waals surface area contributed by atoms with E-state index in [1.807, 2.05) is 0 Å². The van der Waals surface area contributed by atoms with Crippen LogP contribution < -0.4 is 9.20 Å². The molecule has 0 amide bonds. The Morgan fingerprint density at radius 3 is 2.46 bits per heavy atom. The number of phenols is 1. The standard InChI is InChI=1S/C7H8O5Se/c1-12-5-3-2-4-6(7(5)8)13(9,10)11/h2-4,8H,1H3,(H,9,10,11). The Labute approximate surface area is 76.5 Å². The third-order valence-electron chi connectivity index (χ3n) is 1.46. The van der Waals surface area contributed by atoms with Gasteiger partial charge >= 0.3 is 76.0 Å². The van der Waals surface area contributed by atoms with Crippen LogP contribution in [-0.2, 0) is 7.67 Å². The summed E-state index contributed by atoms with van der Waals surface area (Å²) >= 11 is -5.13. The van der Waals surface area contributed by atoms with Gasteiger partial charge in [-0.3, -0.25) is 0 Å². The van der Waals surface area contributed by atoms with E-state index in [1.165, 1.54) is 19.2 Å². The van der Waals surface area contributed by atoms with E-state index < -0.39 is 23.3 Å². The summed E-state index contributed by atoms with van der Waals surface area (Å²) in [4.78, 5) is 0. The van der Waals surface area contributed by atoms with Crippen LogP contribution in [0.3, 0.4) is 0 Å². The summed E-state index contributed by atoms with van der Waals surface area (Å²) in [5.41, 5.74) is 0. The van der Waals surface area contributed by atoms with Crippen LogP contribution in [-0.4, -0.2) is 29.4 Å². The topological polar surface area (TPSA) is 83.8 Å². The molecule has 0 saturated heterocycles. The van der Waals surface area contributed by atoms with Crippen molar-refractivity contribution in [3.05, 3.63) is 18.2 Å². The maximum absolute atomic E-state index is 10.7. The minimum absolute atomic E-state index is 0.0137. The number of hydrogen-bond acceptors (Lipinski definition) is 4. The number of ether oxygens (including phenoxy) is 1. The molecule has 5 nitrogen and oxygen atoms in total. The zero-order valence-corrected chi connectivity index (χ0v) is 8.47. The van der Waals surface area contributed by atoms with Crippen molar-refractivity contribution >= 4 is 17.5 Å². The van der Waals surface area contributed by atoms with Crippen molar-refractivity contribution in [2.45, 2.75) is 0 Å². The molecule has 0 radical (unpaired) electrons. The van der Waals surface area contributed by atoms with Crippen LogP contribution >= 0.6 is 0 Å². The molecule has 0 bridgehead atoms. The van der Waals surface area contributed by atoms with Crippen molar-refractivity contribution in [1.29, 1.82) is 0 Å². The molecule has 0 aliphatic rings. The van der Waals surface area contributed by atoms with E-state index in [4.69, 9.17) is 4.19 Å². The first kappa shape index (κ1) is 9.98. The molecule has 0 saturated carbocycles. The fourth-order valence-electron chi connectivity index (χ4n) is 0.875. The first-order valence-electron chi connectivity index (χ1n) is 3.30. The van der Waals surface area contributed by atoms with E-state index in [2.05, 4.69) is 4.74 Å². The number of rotatable bonds is 2. The van der Waals surface area contributed by atoms with Crippen LogP contribution in [0.5, 0.6) is 11.5 Å². The molecule has 0 unspecified atom stereocenters. The summed E-state index contributed by atoms with van der Waals surface area (Å²) in [6, 6.07) is 3.87. The molecule has 0 aliphatic heterocycles. The van der Waals surface area contributed by atoms with Gasteiger partial charge in [-0.1, -0.05) is 0 Å². The van der Waals surface area contributed by atoms with Crippen LogP contribution in [0, 0.1) is 0 Å². The van der Waals surface area contributed by atoms with Gasteiger partial charge in [-0.15, -0.1) is 0 Å². The third-order valence-corrected chi connectivity index (χ3v) is 3.32. The van der Waals surface area contributed by atoms with Gasteiger partial charge in [0.05, 0.1) is 0 Å². The molecule has 0 heterocycles. The van der Waals surface area contributed by atoms with Crippen LogP contribution in [0.15, 0.2) is 18.2 Å². The Bertz CT molecular complexity index is 409. The zero-order valence-electron chi connectivity index (χ0n) is 6.76. The van der Waals surface area contributed by atoms with Crippen molar-refractivity contribution in [2.24, 2.45) is 0 Å². The first-order chi connectivity index (χ1) is 5.96. The molecule has 1 aromatic carbocycles. The van der Waals surface area contributed by atoms with Crippen molar-refractivity contribution in [1.82, 2.24) is 0 Å². The monoisotopic (exact) mass is 252 g/mol. The quantitative estimate of drug-likeness (QED) is 0.686. The van der Waals surface area contributed by atoms with Crippen molar-refractivity contribution in [2.75, 3.05) is 7.11 Å². The van der Waals surface area contributed by atoms with E-state index >= 15 is 0 Å². The number of hydrogen-bond donors (Lipinski definition) is 2. The van der Waals surface area contributed by atoms with E-state index in [0.717, 1.165) is 6.07 Å². The van der Waals surface area contributed by atoms with Gasteiger partial charge in [0.2, 0.25) is 0 Å². The van der Waals surface area contributed by atoms with Gasteiger partial charge in [-0.2, -0.15) is 0 Å². The third kappa shape index (κ3) is 1.98. The second-order valence-corrected chi connectivity index (χ2v) is 5.20. The summed E-state index contributed by atoms with van der Waals surface area (Å²) < 4.78 is 34.4. The number of para-hydroxylation sites is 1. The number of methoxy groups -OCH3 is 1. The van der Waals surface area contributed by atoms with Gasteiger partial charge in [0.15, 0.2) is 0 Å². The predicted molar refractivity (Wildman–Crippen MR) is 43.6 cm³/mol. The van der Waals surface area contributed by atoms with Crippen LogP contribution in [0.1, 0.15) is 0 Å². The number of phenolic OH excluding ortho intramolecular Hbond substituents is 1. The van der Waals surface area contributed by atoms with E-state index in [0.29, 0.717) is 0 Å². The Morgan fingerprint density at radius 2 is 2.00 bits per heavy atom. The first-order valence-corrected chi connectivity index (χ1v) is 6.32. The second kappa shape index (κ2) is 3.33. The van der Waals surface area contributed by atoms with Gasteiger partial charge in [-0.05, 0) is 0 Å². The average molecular weight is 251 g/mol. The molecule has 0 fully saturated rings. The summed E-state index contributed by atoms with van der Waals surface area (Å²) in [5, 5.41) is 9.28. The van der Waals surface area contributed by atoms with Gasteiger partial charge in [0.25, 0.3) is 0 Å². The molecular formula is C7H8O5Se. The molecule has 2 N–H and O–H groups in total. The molecule has 72 valence electrons. The maximum atomic E-state index is 10.7. The van der Waals surface area contributed by atoms with Gasteiger partial charge in [0, 0.05) is 0 Å². The van der Waals surface area contributed by atoms with Crippen LogP contribution in [0.4, 0.5) is 0 Å². The molecular weight excluding hydrogens is 243 g/mol. The molecule has 0 atom stereocenters. The average Bonchev–Trinajstić information content (AvgIpc) is 2.02. The van der Waals surface area contributed by atoms with Crippen LogP contribution in [0.25, 0.3) is 0 Å². The fourth-order valence-corrected chi connectivity index (χ4v) is 2.12. The van der Waals surface area contributed by atoms with E-state index in [9.17, 15) is 12.8 Å². The van der Waals surface area contributed by atoms with Crippen molar-refractivity contribution in [3.8, 4) is 11.5 Å². The molecule has 6 heteroatoms. The van der Waals surface area contributed by atoms with Gasteiger partial charge < -0.3 is 0 Å². The Kier molecular flexibility index (Phi) is 2.56. The Balaban J connectivity index is 3.41. The summed E-state index contributed by atoms with van der Waals surface area (Å²) in [5.74, 6) is -0.544. The molecule has 1 aromatic rings. The molecule has 0 aliphatic carbocycles. The summed E-state index contributed by atoms with van der Waals surface area (Å²) in [7, 11) is 1.29. The van der Waals surface area contributed by atoms with Gasteiger partial charge in [0.1, 0.15) is 0 Å². The Morgan fingerprint density at radius 1 is 1.38 bits per heavy atom. The number of benzene rings is 1. The van der Waals surface area contributed by atoms with Crippen LogP contribution in [0.2, 0.25) is 0 Å². The molecule has 1 rings (SSSR count). The van der Waals surface area contributed by atoms with Gasteiger partial charge in [-0.25, -0.2) is 0 Å². The van der Waals surface area contributed by atoms with Crippen molar-refractivity contribution < 1.29 is 21.7 Å².